The average molecular weight is 451 g/mol. The minimum Gasteiger partial charge on any atom is -0.353 e. The zero-order valence-corrected chi connectivity index (χ0v) is 17.2. The highest BCUT2D eigenvalue weighted by Crippen LogP contribution is 2.20. The summed E-state index contributed by atoms with van der Waals surface area (Å²) < 4.78 is 4.29. The molecule has 2 aromatic heterocycles. The van der Waals surface area contributed by atoms with E-state index in [1.807, 2.05) is 54.7 Å². The maximum absolute atomic E-state index is 12.3. The van der Waals surface area contributed by atoms with Gasteiger partial charge in [0.1, 0.15) is 6.54 Å². The fourth-order valence-electron chi connectivity index (χ4n) is 3.18. The van der Waals surface area contributed by atoms with Crippen molar-refractivity contribution >= 4 is 32.7 Å². The summed E-state index contributed by atoms with van der Waals surface area (Å²) >= 11 is 3.49. The number of rotatable bonds is 6. The molecule has 0 fully saturated rings. The van der Waals surface area contributed by atoms with Gasteiger partial charge >= 0.3 is 0 Å². The predicted molar refractivity (Wildman–Crippen MR) is 117 cm³/mol. The average Bonchev–Trinajstić information content (AvgIpc) is 3.12. The molecule has 6 nitrogen and oxygen atoms in total. The summed E-state index contributed by atoms with van der Waals surface area (Å²) in [6, 6.07) is 20.8. The molecule has 7 heteroatoms. The fourth-order valence-corrected chi connectivity index (χ4v) is 3.53. The number of carbonyl (C=O) groups is 1. The molecule has 0 aliphatic heterocycles. The maximum atomic E-state index is 12.3. The standard InChI is InChI=1S/C22H19BrN4O2/c23-18-7-6-17-10-12-26(20(17)14-18)13-11-24-21(28)15-27-22(29)9-8-19(25-27)16-4-2-1-3-5-16/h1-10,12,14H,11,13,15H2,(H,24,28). The lowest BCUT2D eigenvalue weighted by molar-refractivity contribution is -0.121. The molecular weight excluding hydrogens is 432 g/mol. The third-order valence-corrected chi connectivity index (χ3v) is 5.13. The molecule has 2 heterocycles. The predicted octanol–water partition coefficient (Wildman–Crippen LogP) is 3.44. The first-order chi connectivity index (χ1) is 14.1. The minimum atomic E-state index is -0.305. The highest BCUT2D eigenvalue weighted by Gasteiger charge is 2.08. The normalized spacial score (nSPS) is 10.9. The summed E-state index contributed by atoms with van der Waals surface area (Å²) in [4.78, 5) is 24.4. The van der Waals surface area contributed by atoms with E-state index in [4.69, 9.17) is 0 Å². The van der Waals surface area contributed by atoms with Crippen molar-refractivity contribution in [3.05, 3.63) is 87.8 Å². The lowest BCUT2D eigenvalue weighted by Gasteiger charge is -2.10. The van der Waals surface area contributed by atoms with E-state index < -0.39 is 0 Å². The smallest absolute Gasteiger partial charge is 0.267 e. The number of halogens is 1. The van der Waals surface area contributed by atoms with Crippen LogP contribution in [0.5, 0.6) is 0 Å². The van der Waals surface area contributed by atoms with Gasteiger partial charge in [-0.3, -0.25) is 9.59 Å². The molecule has 29 heavy (non-hydrogen) atoms. The topological polar surface area (TPSA) is 68.9 Å². The molecule has 4 aromatic rings. The summed E-state index contributed by atoms with van der Waals surface area (Å²) in [6.45, 7) is 0.984. The van der Waals surface area contributed by atoms with Crippen molar-refractivity contribution in [3.8, 4) is 11.3 Å². The second-order valence-corrected chi connectivity index (χ2v) is 7.56. The van der Waals surface area contributed by atoms with E-state index in [9.17, 15) is 9.59 Å². The van der Waals surface area contributed by atoms with Crippen molar-refractivity contribution in [2.24, 2.45) is 0 Å². The van der Waals surface area contributed by atoms with E-state index in [0.29, 0.717) is 18.8 Å². The van der Waals surface area contributed by atoms with Gasteiger partial charge < -0.3 is 9.88 Å². The maximum Gasteiger partial charge on any atom is 0.267 e. The first-order valence-corrected chi connectivity index (χ1v) is 10.0. The number of nitrogens with zero attached hydrogens (tertiary/aromatic N) is 3. The fraction of sp³-hybridized carbons (Fsp3) is 0.136. The summed E-state index contributed by atoms with van der Waals surface area (Å²) in [5, 5.41) is 8.33. The Morgan fingerprint density at radius 3 is 2.69 bits per heavy atom. The monoisotopic (exact) mass is 450 g/mol. The molecule has 2 aromatic carbocycles. The molecule has 0 unspecified atom stereocenters. The van der Waals surface area contributed by atoms with E-state index in [-0.39, 0.29) is 18.0 Å². The Balaban J connectivity index is 1.39. The van der Waals surface area contributed by atoms with E-state index in [1.54, 1.807) is 6.07 Å². The van der Waals surface area contributed by atoms with E-state index in [0.717, 1.165) is 20.9 Å². The summed E-state index contributed by atoms with van der Waals surface area (Å²) in [5.74, 6) is -0.248. The van der Waals surface area contributed by atoms with Crippen molar-refractivity contribution in [1.29, 1.82) is 0 Å². The molecule has 0 saturated heterocycles. The molecule has 0 aliphatic carbocycles. The van der Waals surface area contributed by atoms with Crippen LogP contribution >= 0.6 is 15.9 Å². The molecule has 0 aliphatic rings. The molecule has 0 spiro atoms. The van der Waals surface area contributed by atoms with Crippen LogP contribution in [0.4, 0.5) is 0 Å². The van der Waals surface area contributed by atoms with Gasteiger partial charge in [-0.25, -0.2) is 4.68 Å². The number of amides is 1. The van der Waals surface area contributed by atoms with Crippen LogP contribution in [0, 0.1) is 0 Å². The van der Waals surface area contributed by atoms with E-state index in [2.05, 4.69) is 37.0 Å². The Bertz CT molecular complexity index is 1210. The van der Waals surface area contributed by atoms with Gasteiger partial charge in [-0.15, -0.1) is 0 Å². The van der Waals surface area contributed by atoms with Gasteiger partial charge in [0.25, 0.3) is 5.56 Å². The molecule has 146 valence electrons. The van der Waals surface area contributed by atoms with Crippen LogP contribution in [0.1, 0.15) is 0 Å². The van der Waals surface area contributed by atoms with Gasteiger partial charge in [0.05, 0.1) is 5.69 Å². The molecule has 0 radical (unpaired) electrons. The Kier molecular flexibility index (Phi) is 5.57. The van der Waals surface area contributed by atoms with Crippen molar-refractivity contribution < 1.29 is 4.79 Å². The number of benzene rings is 2. The van der Waals surface area contributed by atoms with Gasteiger partial charge in [-0.1, -0.05) is 52.3 Å². The van der Waals surface area contributed by atoms with Crippen molar-refractivity contribution in [2.45, 2.75) is 13.1 Å². The van der Waals surface area contributed by atoms with Gasteiger partial charge in [-0.05, 0) is 29.7 Å². The second kappa shape index (κ2) is 8.45. The van der Waals surface area contributed by atoms with Crippen molar-refractivity contribution in [2.75, 3.05) is 6.54 Å². The molecular formula is C22H19BrN4O2. The largest absolute Gasteiger partial charge is 0.353 e. The number of hydrogen-bond donors (Lipinski definition) is 1. The SMILES string of the molecule is O=C(Cn1nc(-c2ccccc2)ccc1=O)NCCn1ccc2ccc(Br)cc21. The Hall–Kier alpha value is -3.19. The van der Waals surface area contributed by atoms with Crippen LogP contribution in [0.15, 0.2) is 82.2 Å². The van der Waals surface area contributed by atoms with Crippen LogP contribution in [-0.4, -0.2) is 26.8 Å². The molecule has 0 saturated carbocycles. The molecule has 0 bridgehead atoms. The van der Waals surface area contributed by atoms with Gasteiger partial charge in [0, 0.05) is 40.9 Å². The third kappa shape index (κ3) is 4.46. The third-order valence-electron chi connectivity index (χ3n) is 4.64. The minimum absolute atomic E-state index is 0.114. The second-order valence-electron chi connectivity index (χ2n) is 6.64. The lowest BCUT2D eigenvalue weighted by atomic mass is 10.1. The lowest BCUT2D eigenvalue weighted by Crippen LogP contribution is -2.35. The molecule has 1 amide bonds. The van der Waals surface area contributed by atoms with Crippen LogP contribution in [0.2, 0.25) is 0 Å². The van der Waals surface area contributed by atoms with Gasteiger partial charge in [0.2, 0.25) is 5.91 Å². The number of carbonyl (C=O) groups excluding carboxylic acids is 1. The highest BCUT2D eigenvalue weighted by molar-refractivity contribution is 9.10. The number of hydrogen-bond acceptors (Lipinski definition) is 3. The molecule has 1 N–H and O–H groups in total. The summed E-state index contributed by atoms with van der Waals surface area (Å²) in [6.07, 6.45) is 2.00. The number of fused-ring (bicyclic) bond motifs is 1. The summed E-state index contributed by atoms with van der Waals surface area (Å²) in [7, 11) is 0. The highest BCUT2D eigenvalue weighted by atomic mass is 79.9. The number of nitrogens with one attached hydrogen (secondary N) is 1. The first-order valence-electron chi connectivity index (χ1n) is 9.25. The summed E-state index contributed by atoms with van der Waals surface area (Å²) in [5.41, 5.74) is 2.35. The molecule has 0 atom stereocenters. The van der Waals surface area contributed by atoms with Gasteiger partial charge in [-0.2, -0.15) is 5.10 Å². The van der Waals surface area contributed by atoms with E-state index in [1.165, 1.54) is 10.7 Å². The van der Waals surface area contributed by atoms with Gasteiger partial charge in [0.15, 0.2) is 0 Å². The quantitative estimate of drug-likeness (QED) is 0.489. The first kappa shape index (κ1) is 19.1. The Morgan fingerprint density at radius 2 is 1.86 bits per heavy atom. The zero-order valence-electron chi connectivity index (χ0n) is 15.6. The van der Waals surface area contributed by atoms with Crippen LogP contribution in [-0.2, 0) is 17.9 Å². The van der Waals surface area contributed by atoms with Crippen molar-refractivity contribution in [1.82, 2.24) is 19.7 Å². The zero-order chi connectivity index (χ0) is 20.2. The number of aromatic nitrogens is 3. The Morgan fingerprint density at radius 1 is 1.03 bits per heavy atom. The van der Waals surface area contributed by atoms with Crippen LogP contribution in [0.25, 0.3) is 22.2 Å². The van der Waals surface area contributed by atoms with Crippen molar-refractivity contribution in [3.63, 3.8) is 0 Å². The van der Waals surface area contributed by atoms with Crippen LogP contribution in [0.3, 0.4) is 0 Å². The van der Waals surface area contributed by atoms with Crippen LogP contribution < -0.4 is 10.9 Å². The molecule has 4 rings (SSSR count). The van der Waals surface area contributed by atoms with E-state index >= 15 is 0 Å². The Labute approximate surface area is 175 Å².